The molecule has 1 atom stereocenters. The molecule has 1 aliphatic rings. The molecule has 1 aliphatic heterocycles. The van der Waals surface area contributed by atoms with Gasteiger partial charge < -0.3 is 15.4 Å². The molecule has 7 nitrogen and oxygen atoms in total. The number of hydrogen-bond donors (Lipinski definition) is 2. The Labute approximate surface area is 179 Å². The van der Waals surface area contributed by atoms with Crippen molar-refractivity contribution in [3.8, 4) is 5.75 Å². The minimum atomic E-state index is -0.213. The van der Waals surface area contributed by atoms with E-state index < -0.39 is 0 Å². The first-order valence-electron chi connectivity index (χ1n) is 9.23. The Bertz CT molecular complexity index is 877. The maximum atomic E-state index is 12.6. The van der Waals surface area contributed by atoms with Crippen LogP contribution in [0.3, 0.4) is 0 Å². The Morgan fingerprint density at radius 1 is 1.21 bits per heavy atom. The second-order valence-electron chi connectivity index (χ2n) is 6.82. The summed E-state index contributed by atoms with van der Waals surface area (Å²) >= 11 is 11.8. The number of likely N-dealkylation sites (tertiary alicyclic amines) is 1. The van der Waals surface area contributed by atoms with Gasteiger partial charge in [-0.3, -0.25) is 14.5 Å². The predicted octanol–water partition coefficient (Wildman–Crippen LogP) is 3.69. The fourth-order valence-electron chi connectivity index (χ4n) is 3.26. The summed E-state index contributed by atoms with van der Waals surface area (Å²) in [5.74, 6) is 0.485. The number of carbonyl (C=O) groups is 2. The van der Waals surface area contributed by atoms with E-state index in [1.807, 2.05) is 4.90 Å². The summed E-state index contributed by atoms with van der Waals surface area (Å²) in [6, 6.07) is 8.37. The third-order valence-corrected chi connectivity index (χ3v) is 5.12. The summed E-state index contributed by atoms with van der Waals surface area (Å²) in [5, 5.41) is 6.65. The van der Waals surface area contributed by atoms with E-state index in [2.05, 4.69) is 15.6 Å². The molecule has 2 aromatic rings. The van der Waals surface area contributed by atoms with Gasteiger partial charge >= 0.3 is 0 Å². The third-order valence-electron chi connectivity index (χ3n) is 4.66. The molecule has 3 rings (SSSR count). The fraction of sp³-hybridized carbons (Fsp3) is 0.350. The van der Waals surface area contributed by atoms with Gasteiger partial charge in [-0.15, -0.1) is 0 Å². The maximum Gasteiger partial charge on any atom is 0.238 e. The SMILES string of the molecule is COc1ccc(Cl)cc1NC(=O)CN1CCCC(C(=O)Nc2ccc(Cl)cn2)C1. The zero-order valence-corrected chi connectivity index (χ0v) is 17.5. The Morgan fingerprint density at radius 3 is 2.72 bits per heavy atom. The molecular formula is C20H22Cl2N4O3. The molecule has 29 heavy (non-hydrogen) atoms. The molecule has 0 radical (unpaired) electrons. The lowest BCUT2D eigenvalue weighted by molar-refractivity contribution is -0.123. The van der Waals surface area contributed by atoms with Gasteiger partial charge in [0.1, 0.15) is 11.6 Å². The molecule has 0 bridgehead atoms. The molecule has 1 aromatic heterocycles. The topological polar surface area (TPSA) is 83.6 Å². The first kappa shape index (κ1) is 21.4. The van der Waals surface area contributed by atoms with Gasteiger partial charge in [0, 0.05) is 17.8 Å². The van der Waals surface area contributed by atoms with E-state index in [1.165, 1.54) is 13.3 Å². The number of halogens is 2. The smallest absolute Gasteiger partial charge is 0.238 e. The summed E-state index contributed by atoms with van der Waals surface area (Å²) in [5.41, 5.74) is 0.519. The highest BCUT2D eigenvalue weighted by Gasteiger charge is 2.27. The molecule has 0 aliphatic carbocycles. The normalized spacial score (nSPS) is 16.9. The number of methoxy groups -OCH3 is 1. The number of nitrogens with zero attached hydrogens (tertiary/aromatic N) is 2. The van der Waals surface area contributed by atoms with Gasteiger partial charge in [-0.2, -0.15) is 0 Å². The van der Waals surface area contributed by atoms with Crippen LogP contribution in [0.25, 0.3) is 0 Å². The second kappa shape index (κ2) is 9.91. The van der Waals surface area contributed by atoms with Crippen LogP contribution >= 0.6 is 23.2 Å². The molecule has 2 N–H and O–H groups in total. The summed E-state index contributed by atoms with van der Waals surface area (Å²) in [4.78, 5) is 31.1. The van der Waals surface area contributed by atoms with E-state index >= 15 is 0 Å². The molecule has 1 saturated heterocycles. The van der Waals surface area contributed by atoms with Crippen LogP contribution < -0.4 is 15.4 Å². The number of hydrogen-bond acceptors (Lipinski definition) is 5. The van der Waals surface area contributed by atoms with E-state index in [0.717, 1.165) is 19.4 Å². The van der Waals surface area contributed by atoms with Crippen LogP contribution in [0, 0.1) is 5.92 Å². The summed E-state index contributed by atoms with van der Waals surface area (Å²) in [7, 11) is 1.53. The van der Waals surface area contributed by atoms with Crippen molar-refractivity contribution in [3.63, 3.8) is 0 Å². The van der Waals surface area contributed by atoms with Crippen LogP contribution in [0.5, 0.6) is 5.75 Å². The van der Waals surface area contributed by atoms with Gasteiger partial charge in [-0.1, -0.05) is 23.2 Å². The molecule has 1 fully saturated rings. The standard InChI is InChI=1S/C20H22Cl2N4O3/c1-29-17-6-4-14(21)9-16(17)24-19(27)12-26-8-2-3-13(11-26)20(28)25-18-7-5-15(22)10-23-18/h4-7,9-10,13H,2-3,8,11-12H2,1H3,(H,24,27)(H,23,25,28). The lowest BCUT2D eigenvalue weighted by Gasteiger charge is -2.31. The van der Waals surface area contributed by atoms with Gasteiger partial charge in [0.2, 0.25) is 11.8 Å². The van der Waals surface area contributed by atoms with Crippen molar-refractivity contribution in [3.05, 3.63) is 46.6 Å². The fourth-order valence-corrected chi connectivity index (χ4v) is 3.55. The van der Waals surface area contributed by atoms with E-state index in [-0.39, 0.29) is 24.3 Å². The Morgan fingerprint density at radius 2 is 2.00 bits per heavy atom. The molecule has 2 amide bonds. The largest absolute Gasteiger partial charge is 0.495 e. The molecule has 1 aromatic carbocycles. The number of amides is 2. The summed E-state index contributed by atoms with van der Waals surface area (Å²) < 4.78 is 5.25. The van der Waals surface area contributed by atoms with Crippen LogP contribution in [0.15, 0.2) is 36.5 Å². The third kappa shape index (κ3) is 6.06. The van der Waals surface area contributed by atoms with Gasteiger partial charge in [-0.25, -0.2) is 4.98 Å². The monoisotopic (exact) mass is 436 g/mol. The number of nitrogens with one attached hydrogen (secondary N) is 2. The highest BCUT2D eigenvalue weighted by atomic mass is 35.5. The van der Waals surface area contributed by atoms with E-state index in [9.17, 15) is 9.59 Å². The van der Waals surface area contributed by atoms with Gasteiger partial charge in [-0.05, 0) is 49.7 Å². The number of benzene rings is 1. The highest BCUT2D eigenvalue weighted by molar-refractivity contribution is 6.31. The molecule has 2 heterocycles. The zero-order chi connectivity index (χ0) is 20.8. The number of aromatic nitrogens is 1. The lowest BCUT2D eigenvalue weighted by atomic mass is 9.97. The summed E-state index contributed by atoms with van der Waals surface area (Å²) in [6.45, 7) is 1.43. The molecule has 9 heteroatoms. The van der Waals surface area contributed by atoms with Crippen LogP contribution in [0.1, 0.15) is 12.8 Å². The van der Waals surface area contributed by atoms with E-state index in [1.54, 1.807) is 30.3 Å². The minimum absolute atomic E-state index is 0.110. The number of carbonyl (C=O) groups excluding carboxylic acids is 2. The first-order valence-corrected chi connectivity index (χ1v) is 9.98. The number of anilines is 2. The molecule has 154 valence electrons. The zero-order valence-electron chi connectivity index (χ0n) is 16.0. The van der Waals surface area contributed by atoms with Crippen LogP contribution in [-0.2, 0) is 9.59 Å². The molecular weight excluding hydrogens is 415 g/mol. The van der Waals surface area contributed by atoms with Gasteiger partial charge in [0.25, 0.3) is 0 Å². The van der Waals surface area contributed by atoms with Crippen molar-refractivity contribution in [2.24, 2.45) is 5.92 Å². The van der Waals surface area contributed by atoms with E-state index in [4.69, 9.17) is 27.9 Å². The average Bonchev–Trinajstić information content (AvgIpc) is 2.70. The van der Waals surface area contributed by atoms with Crippen molar-refractivity contribution in [2.45, 2.75) is 12.8 Å². The van der Waals surface area contributed by atoms with Crippen molar-refractivity contribution >= 4 is 46.5 Å². The quantitative estimate of drug-likeness (QED) is 0.721. The Balaban J connectivity index is 1.55. The average molecular weight is 437 g/mol. The van der Waals surface area contributed by atoms with E-state index in [0.29, 0.717) is 33.8 Å². The number of ether oxygens (including phenoxy) is 1. The molecule has 0 saturated carbocycles. The molecule has 1 unspecified atom stereocenters. The van der Waals surface area contributed by atoms with Gasteiger partial charge in [0.05, 0.1) is 30.3 Å². The van der Waals surface area contributed by atoms with Crippen molar-refractivity contribution < 1.29 is 14.3 Å². The Hall–Kier alpha value is -2.35. The lowest BCUT2D eigenvalue weighted by Crippen LogP contribution is -2.44. The number of rotatable bonds is 6. The summed E-state index contributed by atoms with van der Waals surface area (Å²) in [6.07, 6.45) is 3.08. The second-order valence-corrected chi connectivity index (χ2v) is 7.69. The predicted molar refractivity (Wildman–Crippen MR) is 114 cm³/mol. The van der Waals surface area contributed by atoms with Crippen LogP contribution in [0.2, 0.25) is 10.0 Å². The van der Waals surface area contributed by atoms with Crippen molar-refractivity contribution in [2.75, 3.05) is 37.4 Å². The van der Waals surface area contributed by atoms with Crippen LogP contribution in [0.4, 0.5) is 11.5 Å². The number of pyridine rings is 1. The highest BCUT2D eigenvalue weighted by Crippen LogP contribution is 2.27. The molecule has 0 spiro atoms. The minimum Gasteiger partial charge on any atom is -0.495 e. The number of piperidine rings is 1. The van der Waals surface area contributed by atoms with Crippen molar-refractivity contribution in [1.29, 1.82) is 0 Å². The van der Waals surface area contributed by atoms with Gasteiger partial charge in [0.15, 0.2) is 0 Å². The van der Waals surface area contributed by atoms with Crippen LogP contribution in [-0.4, -0.2) is 48.4 Å². The Kier molecular flexibility index (Phi) is 7.30. The first-order chi connectivity index (χ1) is 13.9. The maximum absolute atomic E-state index is 12.6. The van der Waals surface area contributed by atoms with Crippen molar-refractivity contribution in [1.82, 2.24) is 9.88 Å².